The average Bonchev–Trinajstić information content (AvgIpc) is 3.07. The number of aliphatic hydroxyl groups is 1. The number of carboxylic acid groups (broad SMARTS) is 1. The summed E-state index contributed by atoms with van der Waals surface area (Å²) in [5.41, 5.74) is 11.3. The van der Waals surface area contributed by atoms with E-state index in [2.05, 4.69) is 20.6 Å². The highest BCUT2D eigenvalue weighted by atomic mass is 16.4. The largest absolute Gasteiger partial charge is 0.480 e. The van der Waals surface area contributed by atoms with Crippen LogP contribution in [-0.4, -0.2) is 68.1 Å². The molecular formula is C15H24N6O6. The Morgan fingerprint density at radius 3 is 2.41 bits per heavy atom. The Labute approximate surface area is 154 Å². The number of rotatable bonds is 11. The molecule has 0 saturated carbocycles. The number of carboxylic acids is 1. The van der Waals surface area contributed by atoms with Crippen LogP contribution in [0.3, 0.4) is 0 Å². The molecule has 0 bridgehead atoms. The number of carbonyl (C=O) groups is 4. The highest BCUT2D eigenvalue weighted by Gasteiger charge is 2.31. The molecule has 4 atom stereocenters. The molecular weight excluding hydrogens is 360 g/mol. The van der Waals surface area contributed by atoms with Gasteiger partial charge in [-0.1, -0.05) is 0 Å². The van der Waals surface area contributed by atoms with E-state index in [1.54, 1.807) is 0 Å². The van der Waals surface area contributed by atoms with Crippen molar-refractivity contribution in [2.75, 3.05) is 0 Å². The first-order chi connectivity index (χ1) is 12.6. The molecule has 0 spiro atoms. The van der Waals surface area contributed by atoms with Gasteiger partial charge in [-0.25, -0.2) is 9.78 Å². The van der Waals surface area contributed by atoms with Crippen LogP contribution >= 0.6 is 0 Å². The third-order valence-electron chi connectivity index (χ3n) is 3.69. The first-order valence-corrected chi connectivity index (χ1v) is 8.14. The minimum atomic E-state index is -1.43. The molecule has 1 rings (SSSR count). The molecule has 0 saturated heterocycles. The summed E-state index contributed by atoms with van der Waals surface area (Å²) < 4.78 is 0. The maximum absolute atomic E-state index is 12.3. The fourth-order valence-corrected chi connectivity index (χ4v) is 2.20. The zero-order valence-corrected chi connectivity index (χ0v) is 14.7. The lowest BCUT2D eigenvalue weighted by Gasteiger charge is -2.24. The van der Waals surface area contributed by atoms with Crippen LogP contribution in [0.1, 0.15) is 25.5 Å². The molecule has 9 N–H and O–H groups in total. The fourth-order valence-electron chi connectivity index (χ4n) is 2.20. The molecule has 1 aromatic rings. The Morgan fingerprint density at radius 2 is 1.93 bits per heavy atom. The highest BCUT2D eigenvalue weighted by Crippen LogP contribution is 2.02. The molecule has 0 unspecified atom stereocenters. The molecule has 0 radical (unpaired) electrons. The van der Waals surface area contributed by atoms with Gasteiger partial charge < -0.3 is 37.3 Å². The molecule has 0 fully saturated rings. The topological polar surface area (TPSA) is 214 Å². The van der Waals surface area contributed by atoms with Gasteiger partial charge >= 0.3 is 5.97 Å². The van der Waals surface area contributed by atoms with E-state index in [-0.39, 0.29) is 19.3 Å². The number of nitrogens with zero attached hydrogens (tertiary/aromatic N) is 1. The third kappa shape index (κ3) is 7.42. The highest BCUT2D eigenvalue weighted by molar-refractivity contribution is 5.92. The molecule has 150 valence electrons. The zero-order valence-electron chi connectivity index (χ0n) is 14.7. The monoisotopic (exact) mass is 384 g/mol. The molecule has 0 aromatic carbocycles. The first-order valence-electron chi connectivity index (χ1n) is 8.14. The number of H-pyrrole nitrogens is 1. The predicted molar refractivity (Wildman–Crippen MR) is 91.9 cm³/mol. The van der Waals surface area contributed by atoms with E-state index in [9.17, 15) is 24.3 Å². The van der Waals surface area contributed by atoms with Crippen LogP contribution in [-0.2, 0) is 25.6 Å². The summed E-state index contributed by atoms with van der Waals surface area (Å²) in [6.45, 7) is 1.25. The first kappa shape index (κ1) is 22.1. The maximum atomic E-state index is 12.3. The minimum Gasteiger partial charge on any atom is -0.480 e. The van der Waals surface area contributed by atoms with Crippen molar-refractivity contribution in [1.82, 2.24) is 20.6 Å². The van der Waals surface area contributed by atoms with Gasteiger partial charge in [0.05, 0.1) is 18.5 Å². The van der Waals surface area contributed by atoms with Crippen LogP contribution in [0.5, 0.6) is 0 Å². The lowest BCUT2D eigenvalue weighted by atomic mass is 10.1. The summed E-state index contributed by atoms with van der Waals surface area (Å²) in [5, 5.41) is 23.4. The zero-order chi connectivity index (χ0) is 20.6. The maximum Gasteiger partial charge on any atom is 0.326 e. The van der Waals surface area contributed by atoms with Gasteiger partial charge in [0, 0.05) is 24.7 Å². The fraction of sp³-hybridized carbons (Fsp3) is 0.533. The number of aromatic nitrogens is 2. The number of amides is 3. The number of aromatic amines is 1. The number of hydrogen-bond acceptors (Lipinski definition) is 7. The molecule has 0 aliphatic carbocycles. The summed E-state index contributed by atoms with van der Waals surface area (Å²) in [5.74, 6) is -3.74. The van der Waals surface area contributed by atoms with Gasteiger partial charge in [-0.3, -0.25) is 14.4 Å². The van der Waals surface area contributed by atoms with Crippen LogP contribution < -0.4 is 22.1 Å². The van der Waals surface area contributed by atoms with Crippen LogP contribution in [0.15, 0.2) is 12.5 Å². The van der Waals surface area contributed by atoms with Gasteiger partial charge in [-0.2, -0.15) is 0 Å². The molecule has 12 nitrogen and oxygen atoms in total. The van der Waals surface area contributed by atoms with Crippen molar-refractivity contribution in [1.29, 1.82) is 0 Å². The summed E-state index contributed by atoms with van der Waals surface area (Å²) in [6, 6.07) is -3.85. The summed E-state index contributed by atoms with van der Waals surface area (Å²) in [4.78, 5) is 53.1. The van der Waals surface area contributed by atoms with E-state index >= 15 is 0 Å². The Balaban J connectivity index is 2.71. The van der Waals surface area contributed by atoms with E-state index in [1.807, 2.05) is 0 Å². The Kier molecular flexibility index (Phi) is 8.35. The van der Waals surface area contributed by atoms with Gasteiger partial charge in [0.2, 0.25) is 17.7 Å². The second-order valence-corrected chi connectivity index (χ2v) is 6.02. The number of nitrogens with two attached hydrogens (primary N) is 2. The predicted octanol–water partition coefficient (Wildman–Crippen LogP) is -3.02. The molecule has 1 aromatic heterocycles. The van der Waals surface area contributed by atoms with Crippen LogP contribution in [0, 0.1) is 0 Å². The molecule has 0 aliphatic heterocycles. The van der Waals surface area contributed by atoms with Crippen molar-refractivity contribution in [2.24, 2.45) is 11.5 Å². The average molecular weight is 384 g/mol. The molecule has 1 heterocycles. The second-order valence-electron chi connectivity index (χ2n) is 6.02. The molecule has 27 heavy (non-hydrogen) atoms. The Bertz CT molecular complexity index is 662. The molecule has 3 amide bonds. The second kappa shape index (κ2) is 10.2. The van der Waals surface area contributed by atoms with E-state index in [0.29, 0.717) is 5.69 Å². The van der Waals surface area contributed by atoms with E-state index in [4.69, 9.17) is 16.6 Å². The van der Waals surface area contributed by atoms with Gasteiger partial charge in [0.25, 0.3) is 0 Å². The summed E-state index contributed by atoms with van der Waals surface area (Å²) in [7, 11) is 0. The number of carbonyl (C=O) groups excluding carboxylic acids is 3. The quantitative estimate of drug-likeness (QED) is 0.208. The number of primary amides is 1. The van der Waals surface area contributed by atoms with Gasteiger partial charge in [-0.05, 0) is 13.3 Å². The number of imidazole rings is 1. The SMILES string of the molecule is C[C@@H](O)[C@H](NC(=O)[C@@H](N)Cc1cnc[nH]1)C(=O)N[C@@H](CCC(N)=O)C(=O)O. The summed E-state index contributed by atoms with van der Waals surface area (Å²) in [6.07, 6.45) is 1.23. The van der Waals surface area contributed by atoms with E-state index in [1.165, 1.54) is 19.4 Å². The van der Waals surface area contributed by atoms with Crippen molar-refractivity contribution in [3.63, 3.8) is 0 Å². The summed E-state index contributed by atoms with van der Waals surface area (Å²) >= 11 is 0. The standard InChI is InChI=1S/C15H24N6O6/c1-7(22)12(14(25)20-10(15(26)27)2-3-11(17)23)21-13(24)9(16)4-8-5-18-6-19-8/h5-7,9-10,12,22H,2-4,16H2,1H3,(H2,17,23)(H,18,19)(H,20,25)(H,21,24)(H,26,27)/t7-,9+,10+,12+/m1/s1. The van der Waals surface area contributed by atoms with Crippen molar-refractivity contribution in [3.8, 4) is 0 Å². The van der Waals surface area contributed by atoms with Crippen molar-refractivity contribution < 1.29 is 29.4 Å². The van der Waals surface area contributed by atoms with Gasteiger partial charge in [-0.15, -0.1) is 0 Å². The van der Waals surface area contributed by atoms with Gasteiger partial charge in [0.1, 0.15) is 12.1 Å². The Hall–Kier alpha value is -2.99. The van der Waals surface area contributed by atoms with Crippen LogP contribution in [0.25, 0.3) is 0 Å². The van der Waals surface area contributed by atoms with Crippen molar-refractivity contribution in [3.05, 3.63) is 18.2 Å². The van der Waals surface area contributed by atoms with E-state index in [0.717, 1.165) is 0 Å². The number of aliphatic hydroxyl groups excluding tert-OH is 1. The number of nitrogens with one attached hydrogen (secondary N) is 3. The van der Waals surface area contributed by atoms with Crippen LogP contribution in [0.4, 0.5) is 0 Å². The van der Waals surface area contributed by atoms with Crippen LogP contribution in [0.2, 0.25) is 0 Å². The normalized spacial score (nSPS) is 15.2. The lowest BCUT2D eigenvalue weighted by molar-refractivity contribution is -0.143. The third-order valence-corrected chi connectivity index (χ3v) is 3.69. The minimum absolute atomic E-state index is 0.121. The number of aliphatic carboxylic acids is 1. The molecule has 12 heteroatoms. The molecule has 0 aliphatic rings. The lowest BCUT2D eigenvalue weighted by Crippen LogP contribution is -2.58. The van der Waals surface area contributed by atoms with Gasteiger partial charge in [0.15, 0.2) is 0 Å². The smallest absolute Gasteiger partial charge is 0.326 e. The van der Waals surface area contributed by atoms with E-state index < -0.39 is 47.9 Å². The van der Waals surface area contributed by atoms with Crippen molar-refractivity contribution in [2.45, 2.75) is 50.4 Å². The van der Waals surface area contributed by atoms with Crippen molar-refractivity contribution >= 4 is 23.7 Å². The number of hydrogen-bond donors (Lipinski definition) is 7. The Morgan fingerprint density at radius 1 is 1.26 bits per heavy atom.